The van der Waals surface area contributed by atoms with E-state index >= 15 is 0 Å². The summed E-state index contributed by atoms with van der Waals surface area (Å²) in [4.78, 5) is 4.89. The number of aryl methyl sites for hydroxylation is 1. The first-order chi connectivity index (χ1) is 41.5. The van der Waals surface area contributed by atoms with Gasteiger partial charge in [0.15, 0.2) is 0 Å². The number of benzene rings is 10. The minimum atomic E-state index is -2.45. The van der Waals surface area contributed by atoms with Crippen LogP contribution in [-0.2, 0) is 0 Å². The van der Waals surface area contributed by atoms with E-state index in [1.165, 1.54) is 0 Å². The molecule has 73 heavy (non-hydrogen) atoms. The number of fused-ring (bicyclic) bond motifs is 7. The van der Waals surface area contributed by atoms with Crippen LogP contribution < -0.4 is 9.30 Å². The van der Waals surface area contributed by atoms with E-state index in [-0.39, 0.29) is 34.3 Å². The summed E-state index contributed by atoms with van der Waals surface area (Å²) in [5, 5.41) is 3.32. The van der Waals surface area contributed by atoms with Crippen LogP contribution in [0.4, 0.5) is 0 Å². The first-order valence-corrected chi connectivity index (χ1v) is 23.6. The summed E-state index contributed by atoms with van der Waals surface area (Å²) in [5.74, 6) is 1.37. The highest BCUT2D eigenvalue weighted by atomic mass is 16.5. The Morgan fingerprint density at radius 1 is 0.493 bits per heavy atom. The maximum Gasteiger partial charge on any atom is 0.269 e. The van der Waals surface area contributed by atoms with Gasteiger partial charge in [0.2, 0.25) is 0 Å². The maximum atomic E-state index is 9.37. The highest BCUT2D eigenvalue weighted by Gasteiger charge is 2.24. The molecule has 14 aromatic rings. The van der Waals surface area contributed by atoms with Crippen LogP contribution in [0.3, 0.4) is 0 Å². The number of ether oxygens (including phenoxy) is 1. The summed E-state index contributed by atoms with van der Waals surface area (Å²) in [7, 11) is 0. The van der Waals surface area contributed by atoms with E-state index in [2.05, 4.69) is 6.33 Å². The average Bonchev–Trinajstić information content (AvgIpc) is 1.53. The summed E-state index contributed by atoms with van der Waals surface area (Å²) >= 11 is 0. The molecule has 0 aliphatic rings. The monoisotopic (exact) mass is 948 g/mol. The first kappa shape index (κ1) is 30.7. The van der Waals surface area contributed by atoms with Crippen molar-refractivity contribution in [3.63, 3.8) is 0 Å². The fourth-order valence-corrected chi connectivity index (χ4v) is 10.3. The van der Waals surface area contributed by atoms with Crippen LogP contribution in [0.25, 0.3) is 111 Å². The predicted molar refractivity (Wildman–Crippen MR) is 298 cm³/mol. The average molecular weight is 949 g/mol. The van der Waals surface area contributed by atoms with E-state index in [0.717, 1.165) is 32.8 Å². The molecule has 4 aromatic heterocycles. The van der Waals surface area contributed by atoms with Crippen LogP contribution in [0.5, 0.6) is 11.5 Å². The van der Waals surface area contributed by atoms with Crippen molar-refractivity contribution < 1.29 is 27.1 Å². The topological polar surface area (TPSA) is 40.8 Å². The molecule has 0 amide bonds. The molecule has 6 nitrogen and oxygen atoms in total. The normalized spacial score (nSPS) is 14.3. The number of pyridine rings is 1. The highest BCUT2D eigenvalue weighted by molar-refractivity contribution is 6.14. The minimum Gasteiger partial charge on any atom is -0.458 e. The van der Waals surface area contributed by atoms with Gasteiger partial charge in [-0.3, -0.25) is 13.7 Å². The third-order valence-corrected chi connectivity index (χ3v) is 13.4. The van der Waals surface area contributed by atoms with E-state index in [0.29, 0.717) is 73.0 Å². The lowest BCUT2D eigenvalue weighted by Crippen LogP contribution is -2.32. The molecular weight excluding hydrogens is 891 g/mol. The van der Waals surface area contributed by atoms with Crippen molar-refractivity contribution in [2.45, 2.75) is 6.85 Å². The van der Waals surface area contributed by atoms with Crippen LogP contribution in [0, 0.1) is 13.2 Å². The lowest BCUT2D eigenvalue weighted by atomic mass is 10.0. The van der Waals surface area contributed by atoms with Crippen LogP contribution >= 0.6 is 0 Å². The van der Waals surface area contributed by atoms with Gasteiger partial charge in [-0.1, -0.05) is 188 Å². The Balaban J connectivity index is 0.960. The number of nitrogens with zero attached hydrogens (tertiary/aromatic N) is 5. The van der Waals surface area contributed by atoms with Gasteiger partial charge in [-0.15, -0.1) is 0 Å². The molecule has 6 heteroatoms. The van der Waals surface area contributed by atoms with Crippen molar-refractivity contribution in [1.82, 2.24) is 18.7 Å². The fourth-order valence-electron chi connectivity index (χ4n) is 10.3. The molecule has 0 radical (unpaired) electrons. The third-order valence-electron chi connectivity index (χ3n) is 13.4. The standard InChI is InChI=1S/C67H45N5O/c1-45-40-65(68-43-58(45)48-24-9-4-10-25-48)71-59-33-13-11-28-54(59)56-39-38-51(42-64(56)71)73-50-27-17-26-49(41-50)69-44-70(62-36-16-15-35-61(62)69)67-53(47-22-7-3-8-23-47)31-19-37-63(67)72-60-34-14-12-29-55(60)57-32-18-30-52(66(57)72)46-20-5-2-6-21-46/h2-43H,1H3/i1D3,2D,3D,5D,6D,7D,8D,20D,21D,22D,23D. The zero-order valence-corrected chi connectivity index (χ0v) is 38.6. The molecule has 4 heterocycles. The van der Waals surface area contributed by atoms with Crippen molar-refractivity contribution in [3.8, 4) is 67.8 Å². The minimum absolute atomic E-state index is 0.00959. The molecule has 0 spiro atoms. The quantitative estimate of drug-likeness (QED) is 0.107. The van der Waals surface area contributed by atoms with Gasteiger partial charge in [-0.2, -0.15) is 0 Å². The van der Waals surface area contributed by atoms with Gasteiger partial charge in [0.25, 0.3) is 6.33 Å². The summed E-state index contributed by atoms with van der Waals surface area (Å²) in [6.45, 7) is -2.45. The number of aromatic nitrogens is 5. The molecule has 344 valence electrons. The molecule has 0 N–H and O–H groups in total. The molecule has 0 fully saturated rings. The van der Waals surface area contributed by atoms with Crippen molar-refractivity contribution in [3.05, 3.63) is 267 Å². The maximum absolute atomic E-state index is 9.37. The van der Waals surface area contributed by atoms with Crippen LogP contribution in [0.15, 0.2) is 255 Å². The molecule has 0 unspecified atom stereocenters. The van der Waals surface area contributed by atoms with Crippen molar-refractivity contribution >= 4 is 54.6 Å². The second-order valence-corrected chi connectivity index (χ2v) is 17.6. The highest BCUT2D eigenvalue weighted by Crippen LogP contribution is 2.42. The lowest BCUT2D eigenvalue weighted by Gasteiger charge is -2.20. The number of hydrogen-bond acceptors (Lipinski definition) is 2. The predicted octanol–water partition coefficient (Wildman–Crippen LogP) is 16.4. The van der Waals surface area contributed by atoms with Gasteiger partial charge >= 0.3 is 0 Å². The molecule has 0 aliphatic heterocycles. The Morgan fingerprint density at radius 3 is 1.92 bits per heavy atom. The zero-order valence-electron chi connectivity index (χ0n) is 51.6. The van der Waals surface area contributed by atoms with E-state index in [1.54, 1.807) is 41.1 Å². The second-order valence-electron chi connectivity index (χ2n) is 17.6. The van der Waals surface area contributed by atoms with Gasteiger partial charge in [0.05, 0.1) is 63.9 Å². The smallest absolute Gasteiger partial charge is 0.269 e. The number of para-hydroxylation sites is 6. The first-order valence-electron chi connectivity index (χ1n) is 30.1. The van der Waals surface area contributed by atoms with Gasteiger partial charge in [-0.05, 0) is 89.3 Å². The summed E-state index contributed by atoms with van der Waals surface area (Å²) in [6.07, 6.45) is 5.23. The summed E-state index contributed by atoms with van der Waals surface area (Å²) in [6, 6.07) is 53.2. The molecule has 14 rings (SSSR count). The molecular formula is C67H45N5O. The van der Waals surface area contributed by atoms with Crippen molar-refractivity contribution in [2.75, 3.05) is 0 Å². The van der Waals surface area contributed by atoms with Gasteiger partial charge in [0.1, 0.15) is 17.3 Å². The molecule has 0 aliphatic carbocycles. The van der Waals surface area contributed by atoms with E-state index in [4.69, 9.17) is 22.1 Å². The largest absolute Gasteiger partial charge is 0.458 e. The Morgan fingerprint density at radius 2 is 1.12 bits per heavy atom. The fraction of sp³-hybridized carbons (Fsp3) is 0.0149. The second kappa shape index (κ2) is 17.3. The van der Waals surface area contributed by atoms with E-state index in [9.17, 15) is 5.48 Å². The number of imidazole rings is 1. The van der Waals surface area contributed by atoms with Crippen LogP contribution in [0.1, 0.15) is 23.4 Å². The molecule has 0 saturated carbocycles. The molecule has 0 saturated heterocycles. The third kappa shape index (κ3) is 7.02. The van der Waals surface area contributed by atoms with Crippen molar-refractivity contribution in [1.29, 1.82) is 0 Å². The number of rotatable bonds is 9. The molecule has 0 bridgehead atoms. The van der Waals surface area contributed by atoms with E-state index < -0.39 is 55.2 Å². The van der Waals surface area contributed by atoms with Gasteiger partial charge in [0, 0.05) is 49.0 Å². The Kier molecular flexibility index (Phi) is 7.27. The van der Waals surface area contributed by atoms with E-state index in [1.807, 2.05) is 171 Å². The summed E-state index contributed by atoms with van der Waals surface area (Å²) in [5.41, 5.74) is 7.39. The number of hydrogen-bond donors (Lipinski definition) is 0. The Hall–Kier alpha value is -9.78. The Labute approximate surface area is 440 Å². The lowest BCUT2D eigenvalue weighted by molar-refractivity contribution is -0.571. The SMILES string of the molecule is [2H]c1c([2H])c([2H])c(-c2cccc(-n3c4ccccc4c4cccc(-c5c([2H])c([2H])c([2H])c([2H])c5[2H])c43)c2-[n+]2[c-]n(-c3cccc(Oc4ccc5c6ccccc6n(-c6cc(C([2H])([2H])[2H])c(-c7ccccc7)cn6)c5c4)c3)c3ccccc32)c([2H])c1[2H]. The molecule has 10 aromatic carbocycles. The summed E-state index contributed by atoms with van der Waals surface area (Å²) < 4.78 is 129. The van der Waals surface area contributed by atoms with Gasteiger partial charge in [-0.25, -0.2) is 4.98 Å². The molecule has 0 atom stereocenters. The van der Waals surface area contributed by atoms with Crippen molar-refractivity contribution in [2.24, 2.45) is 0 Å². The Bertz CT molecular complexity index is 5110. The van der Waals surface area contributed by atoms with Gasteiger partial charge < -0.3 is 9.30 Å². The van der Waals surface area contributed by atoms with Crippen LogP contribution in [-0.4, -0.2) is 18.7 Å². The van der Waals surface area contributed by atoms with Crippen LogP contribution in [0.2, 0.25) is 0 Å². The zero-order chi connectivity index (χ0) is 59.6.